The Morgan fingerprint density at radius 1 is 1.17 bits per heavy atom. The van der Waals surface area contributed by atoms with Crippen LogP contribution in [-0.2, 0) is 56.2 Å². The number of rotatable bonds is 0. The van der Waals surface area contributed by atoms with Gasteiger partial charge in [-0.3, -0.25) is 0 Å². The molecule has 1 radical (unpaired) electrons. The van der Waals surface area contributed by atoms with E-state index in [0.717, 1.165) is 0 Å². The van der Waals surface area contributed by atoms with Gasteiger partial charge in [-0.05, 0) is 0 Å². The van der Waals surface area contributed by atoms with Crippen molar-refractivity contribution in [1.82, 2.24) is 0 Å². The third-order valence-corrected chi connectivity index (χ3v) is 0. The van der Waals surface area contributed by atoms with Crippen LogP contribution in [0.3, 0.4) is 0 Å². The smallest absolute Gasteiger partial charge is 0 e. The van der Waals surface area contributed by atoms with Crippen molar-refractivity contribution in [3.8, 4) is 0 Å². The summed E-state index contributed by atoms with van der Waals surface area (Å²) >= 11 is 0. The molecular weight excluding hydrogens is 215 g/mol. The van der Waals surface area contributed by atoms with Gasteiger partial charge in [0.05, 0.1) is 0 Å². The van der Waals surface area contributed by atoms with Crippen molar-refractivity contribution in [3.63, 3.8) is 0 Å². The van der Waals surface area contributed by atoms with Crippen LogP contribution in [-0.4, -0.2) is 10.5 Å². The zero-order chi connectivity index (χ0) is 2.71. The summed E-state index contributed by atoms with van der Waals surface area (Å²) in [6, 6.07) is 0. The Morgan fingerprint density at radius 3 is 1.17 bits per heavy atom. The molecule has 0 heterocycles. The summed E-state index contributed by atoms with van der Waals surface area (Å²) < 4.78 is 0. The van der Waals surface area contributed by atoms with Gasteiger partial charge in [-0.15, -0.1) is 0 Å². The Bertz CT molecular complexity index is 10.8. The van der Waals surface area contributed by atoms with E-state index in [1.54, 1.807) is 0 Å². The van der Waals surface area contributed by atoms with Gasteiger partial charge in [0.25, 0.3) is 0 Å². The Balaban J connectivity index is -0.00000000667. The first-order chi connectivity index (χ1) is 1.41. The fraction of sp³-hybridized carbons (Fsp3) is 0. The molecule has 0 atom stereocenters. The zero-order valence-electron chi connectivity index (χ0n) is 2.40. The maximum absolute atomic E-state index is 6.62. The van der Waals surface area contributed by atoms with Crippen molar-refractivity contribution in [2.24, 2.45) is 0 Å². The first-order valence-corrected chi connectivity index (χ1v) is 0.365. The normalized spacial score (nSPS) is 3.00. The van der Waals surface area contributed by atoms with Gasteiger partial charge in [0.1, 0.15) is 0 Å². The molecule has 43 valence electrons. The summed E-state index contributed by atoms with van der Waals surface area (Å²) in [4.78, 5) is 0. The second-order valence-electron chi connectivity index (χ2n) is 0.0816. The SMILES string of the molecule is OOO.[Co].[Cr].[Fe]. The summed E-state index contributed by atoms with van der Waals surface area (Å²) in [5.41, 5.74) is 0. The summed E-state index contributed by atoms with van der Waals surface area (Å²) in [5, 5.41) is 15.5. The Labute approximate surface area is 66.7 Å². The van der Waals surface area contributed by atoms with Crippen LogP contribution in [0.15, 0.2) is 0 Å². The molecule has 2 N–H and O–H groups in total. The van der Waals surface area contributed by atoms with Gasteiger partial charge in [-0.1, -0.05) is 5.04 Å². The zero-order valence-corrected chi connectivity index (χ0v) is 5.82. The molecule has 0 fully saturated rings. The van der Waals surface area contributed by atoms with Crippen molar-refractivity contribution < 1.29 is 66.8 Å². The Morgan fingerprint density at radius 2 is 1.17 bits per heavy atom. The predicted octanol–water partition coefficient (Wildman–Crippen LogP) is -0.0585. The van der Waals surface area contributed by atoms with Crippen LogP contribution >= 0.6 is 0 Å². The van der Waals surface area contributed by atoms with E-state index in [9.17, 15) is 0 Å². The molecular formula is H2CoCrFeO3. The molecule has 0 saturated carbocycles. The van der Waals surface area contributed by atoms with Crippen molar-refractivity contribution in [3.05, 3.63) is 0 Å². The molecule has 3 nitrogen and oxygen atoms in total. The molecule has 0 rings (SSSR count). The molecule has 0 aromatic rings. The first-order valence-electron chi connectivity index (χ1n) is 0.365. The van der Waals surface area contributed by atoms with E-state index in [4.69, 9.17) is 10.5 Å². The van der Waals surface area contributed by atoms with E-state index < -0.39 is 0 Å². The van der Waals surface area contributed by atoms with Gasteiger partial charge in [0.15, 0.2) is 0 Å². The second-order valence-corrected chi connectivity index (χ2v) is 0.0816. The van der Waals surface area contributed by atoms with Crippen molar-refractivity contribution in [2.75, 3.05) is 0 Å². The molecule has 0 saturated heterocycles. The van der Waals surface area contributed by atoms with E-state index in [1.165, 1.54) is 0 Å². The predicted molar refractivity (Wildman–Crippen MR) is 6.34 cm³/mol. The average molecular weight is 217 g/mol. The standard InChI is InChI=1S/Co.Cr.Fe.H2O3/c;;;1-3-2/h;;;1-2H. The molecule has 6 heavy (non-hydrogen) atoms. The minimum Gasteiger partial charge on any atom is -0.221 e. The van der Waals surface area contributed by atoms with Crippen LogP contribution in [0.5, 0.6) is 0 Å². The topological polar surface area (TPSA) is 49.7 Å². The van der Waals surface area contributed by atoms with Gasteiger partial charge < -0.3 is 0 Å². The molecule has 0 aliphatic rings. The maximum atomic E-state index is 6.62. The maximum Gasteiger partial charge on any atom is 0 e. The quantitative estimate of drug-likeness (QED) is 0.339. The van der Waals surface area contributed by atoms with Crippen molar-refractivity contribution in [2.45, 2.75) is 0 Å². The Hall–Kier alpha value is 1.44. The van der Waals surface area contributed by atoms with E-state index in [0.29, 0.717) is 0 Å². The summed E-state index contributed by atoms with van der Waals surface area (Å²) in [5.74, 6) is 0. The minimum absolute atomic E-state index is 0. The number of hydrogen-bond acceptors (Lipinski definition) is 3. The molecule has 6 heteroatoms. The third kappa shape index (κ3) is 51.8. The van der Waals surface area contributed by atoms with Gasteiger partial charge in [-0.25, -0.2) is 10.5 Å². The Kier molecular flexibility index (Phi) is 139. The van der Waals surface area contributed by atoms with Crippen LogP contribution in [0.1, 0.15) is 0 Å². The van der Waals surface area contributed by atoms with E-state index in [1.807, 2.05) is 0 Å². The molecule has 0 spiro atoms. The minimum atomic E-state index is 0. The monoisotopic (exact) mass is 217 g/mol. The van der Waals surface area contributed by atoms with E-state index in [-0.39, 0.29) is 51.2 Å². The largest absolute Gasteiger partial charge is 0.221 e. The van der Waals surface area contributed by atoms with E-state index >= 15 is 0 Å². The summed E-state index contributed by atoms with van der Waals surface area (Å²) in [7, 11) is 0. The van der Waals surface area contributed by atoms with Crippen molar-refractivity contribution >= 4 is 0 Å². The molecule has 0 amide bonds. The average Bonchev–Trinajstić information content (AvgIpc) is 0.918. The number of hydrogen-bond donors (Lipinski definition) is 2. The molecule has 0 aromatic carbocycles. The summed E-state index contributed by atoms with van der Waals surface area (Å²) in [6.45, 7) is 0. The van der Waals surface area contributed by atoms with Gasteiger partial charge in [0, 0.05) is 51.2 Å². The fourth-order valence-corrected chi connectivity index (χ4v) is 0. The molecule has 0 aliphatic carbocycles. The van der Waals surface area contributed by atoms with Gasteiger partial charge in [-0.2, -0.15) is 0 Å². The first kappa shape index (κ1) is 26.1. The molecule has 0 unspecified atom stereocenters. The molecule has 0 aliphatic heterocycles. The van der Waals surface area contributed by atoms with E-state index in [2.05, 4.69) is 5.04 Å². The van der Waals surface area contributed by atoms with Crippen LogP contribution < -0.4 is 0 Å². The van der Waals surface area contributed by atoms with Crippen LogP contribution in [0.25, 0.3) is 0 Å². The van der Waals surface area contributed by atoms with Crippen molar-refractivity contribution in [1.29, 1.82) is 0 Å². The van der Waals surface area contributed by atoms with Crippen LogP contribution in [0.4, 0.5) is 0 Å². The molecule has 0 bridgehead atoms. The fourth-order valence-electron chi connectivity index (χ4n) is 0. The second kappa shape index (κ2) is 32.0. The molecule has 0 aromatic heterocycles. The van der Waals surface area contributed by atoms with Crippen LogP contribution in [0.2, 0.25) is 0 Å². The third-order valence-electron chi connectivity index (χ3n) is 0. The van der Waals surface area contributed by atoms with Gasteiger partial charge in [0.2, 0.25) is 0 Å². The summed E-state index contributed by atoms with van der Waals surface area (Å²) in [6.07, 6.45) is 0. The van der Waals surface area contributed by atoms with Gasteiger partial charge >= 0.3 is 0 Å². The van der Waals surface area contributed by atoms with Crippen LogP contribution in [0, 0.1) is 0 Å².